The fraction of sp³-hybridized carbons (Fsp3) is 0.200. The highest BCUT2D eigenvalue weighted by molar-refractivity contribution is 6.30. The Balaban J connectivity index is 2.18. The van der Waals surface area contributed by atoms with Crippen LogP contribution in [0.3, 0.4) is 0 Å². The number of hydrogen-bond acceptors (Lipinski definition) is 3. The number of phenolic OH excluding ortho intramolecular Hbond substituents is 1. The molecule has 0 amide bonds. The molecule has 4 heteroatoms. The van der Waals surface area contributed by atoms with Crippen molar-refractivity contribution in [2.45, 2.75) is 13.5 Å². The highest BCUT2D eigenvalue weighted by atomic mass is 35.5. The van der Waals surface area contributed by atoms with Gasteiger partial charge in [-0.3, -0.25) is 0 Å². The Hall–Kier alpha value is -1.87. The summed E-state index contributed by atoms with van der Waals surface area (Å²) >= 11 is 5.92. The topological polar surface area (TPSA) is 41.5 Å². The van der Waals surface area contributed by atoms with Crippen LogP contribution in [0.5, 0.6) is 11.5 Å². The van der Waals surface area contributed by atoms with Gasteiger partial charge in [0.15, 0.2) is 0 Å². The van der Waals surface area contributed by atoms with Crippen molar-refractivity contribution in [1.29, 1.82) is 0 Å². The van der Waals surface area contributed by atoms with Crippen molar-refractivity contribution in [3.8, 4) is 11.5 Å². The van der Waals surface area contributed by atoms with Gasteiger partial charge in [-0.05, 0) is 42.8 Å². The van der Waals surface area contributed by atoms with Crippen LogP contribution >= 0.6 is 11.6 Å². The summed E-state index contributed by atoms with van der Waals surface area (Å²) in [5.41, 5.74) is 2.77. The van der Waals surface area contributed by atoms with Crippen molar-refractivity contribution >= 4 is 17.3 Å². The summed E-state index contributed by atoms with van der Waals surface area (Å²) < 4.78 is 5.29. The Morgan fingerprint density at radius 1 is 1.21 bits per heavy atom. The van der Waals surface area contributed by atoms with Gasteiger partial charge in [0.05, 0.1) is 12.8 Å². The lowest BCUT2D eigenvalue weighted by Crippen LogP contribution is -2.02. The molecule has 0 saturated carbocycles. The van der Waals surface area contributed by atoms with E-state index in [0.29, 0.717) is 11.6 Å². The lowest BCUT2D eigenvalue weighted by molar-refractivity contribution is 0.416. The van der Waals surface area contributed by atoms with Crippen LogP contribution in [-0.4, -0.2) is 12.2 Å². The highest BCUT2D eigenvalue weighted by Crippen LogP contribution is 2.27. The maximum atomic E-state index is 9.76. The van der Waals surface area contributed by atoms with Crippen molar-refractivity contribution < 1.29 is 9.84 Å². The number of halogens is 1. The van der Waals surface area contributed by atoms with Crippen LogP contribution in [0.1, 0.15) is 11.1 Å². The van der Waals surface area contributed by atoms with E-state index in [-0.39, 0.29) is 5.75 Å². The first-order chi connectivity index (χ1) is 9.10. The second-order valence-corrected chi connectivity index (χ2v) is 4.77. The molecule has 0 radical (unpaired) electrons. The number of rotatable bonds is 4. The minimum Gasteiger partial charge on any atom is -0.508 e. The normalized spacial score (nSPS) is 10.3. The first-order valence-electron chi connectivity index (χ1n) is 5.96. The average Bonchev–Trinajstić information content (AvgIpc) is 2.40. The lowest BCUT2D eigenvalue weighted by Gasteiger charge is -2.13. The van der Waals surface area contributed by atoms with Crippen LogP contribution in [0.2, 0.25) is 5.02 Å². The van der Waals surface area contributed by atoms with E-state index >= 15 is 0 Å². The molecule has 0 bridgehead atoms. The molecule has 2 aromatic rings. The fourth-order valence-corrected chi connectivity index (χ4v) is 2.04. The first kappa shape index (κ1) is 13.6. The van der Waals surface area contributed by atoms with E-state index in [9.17, 15) is 5.11 Å². The van der Waals surface area contributed by atoms with Gasteiger partial charge < -0.3 is 15.2 Å². The van der Waals surface area contributed by atoms with E-state index in [1.807, 2.05) is 25.1 Å². The summed E-state index contributed by atoms with van der Waals surface area (Å²) in [7, 11) is 1.63. The molecule has 0 spiro atoms. The zero-order valence-electron chi connectivity index (χ0n) is 10.9. The second kappa shape index (κ2) is 5.85. The van der Waals surface area contributed by atoms with E-state index in [1.54, 1.807) is 25.3 Å². The van der Waals surface area contributed by atoms with Gasteiger partial charge in [0.25, 0.3) is 0 Å². The van der Waals surface area contributed by atoms with Crippen LogP contribution in [-0.2, 0) is 6.54 Å². The van der Waals surface area contributed by atoms with Gasteiger partial charge in [-0.25, -0.2) is 0 Å². The van der Waals surface area contributed by atoms with Crippen LogP contribution < -0.4 is 10.1 Å². The van der Waals surface area contributed by atoms with Crippen molar-refractivity contribution in [2.75, 3.05) is 12.4 Å². The Kier molecular flexibility index (Phi) is 4.17. The standard InChI is InChI=1S/C15H16ClNO2/c1-10-3-6-15(19-2)13(7-10)17-9-11-8-12(16)4-5-14(11)18/h3-8,17-18H,9H2,1-2H3. The van der Waals surface area contributed by atoms with Crippen LogP contribution in [0.15, 0.2) is 36.4 Å². The van der Waals surface area contributed by atoms with Crippen LogP contribution in [0.25, 0.3) is 0 Å². The average molecular weight is 278 g/mol. The lowest BCUT2D eigenvalue weighted by atomic mass is 10.1. The minimum absolute atomic E-state index is 0.225. The fourth-order valence-electron chi connectivity index (χ4n) is 1.85. The van der Waals surface area contributed by atoms with Crippen LogP contribution in [0, 0.1) is 6.92 Å². The molecule has 0 atom stereocenters. The first-order valence-corrected chi connectivity index (χ1v) is 6.34. The molecule has 0 aliphatic heterocycles. The number of benzene rings is 2. The predicted molar refractivity (Wildman–Crippen MR) is 78.2 cm³/mol. The summed E-state index contributed by atoms with van der Waals surface area (Å²) in [6.45, 7) is 2.49. The third kappa shape index (κ3) is 3.32. The zero-order chi connectivity index (χ0) is 13.8. The van der Waals surface area contributed by atoms with E-state index in [0.717, 1.165) is 22.6 Å². The molecular weight excluding hydrogens is 262 g/mol. The van der Waals surface area contributed by atoms with Gasteiger partial charge in [-0.2, -0.15) is 0 Å². The maximum absolute atomic E-state index is 9.76. The molecule has 0 saturated heterocycles. The number of ether oxygens (including phenoxy) is 1. The molecule has 2 aromatic carbocycles. The molecule has 3 nitrogen and oxygen atoms in total. The molecule has 0 aliphatic carbocycles. The van der Waals surface area contributed by atoms with Gasteiger partial charge in [-0.1, -0.05) is 17.7 Å². The van der Waals surface area contributed by atoms with Gasteiger partial charge in [0.2, 0.25) is 0 Å². The van der Waals surface area contributed by atoms with E-state index in [1.165, 1.54) is 0 Å². The Labute approximate surface area is 117 Å². The molecule has 19 heavy (non-hydrogen) atoms. The van der Waals surface area contributed by atoms with Crippen molar-refractivity contribution in [3.05, 3.63) is 52.5 Å². The third-order valence-electron chi connectivity index (χ3n) is 2.87. The van der Waals surface area contributed by atoms with Gasteiger partial charge in [0.1, 0.15) is 11.5 Å². The van der Waals surface area contributed by atoms with Gasteiger partial charge in [0, 0.05) is 17.1 Å². The number of anilines is 1. The molecule has 0 heterocycles. The quantitative estimate of drug-likeness (QED) is 0.888. The Morgan fingerprint density at radius 2 is 2.00 bits per heavy atom. The molecule has 0 fully saturated rings. The molecule has 2 rings (SSSR count). The second-order valence-electron chi connectivity index (χ2n) is 4.33. The minimum atomic E-state index is 0.225. The Bertz CT molecular complexity index is 584. The Morgan fingerprint density at radius 3 is 2.74 bits per heavy atom. The third-order valence-corrected chi connectivity index (χ3v) is 3.10. The van der Waals surface area contributed by atoms with Crippen molar-refractivity contribution in [1.82, 2.24) is 0 Å². The number of aryl methyl sites for hydroxylation is 1. The number of aromatic hydroxyl groups is 1. The monoisotopic (exact) mass is 277 g/mol. The summed E-state index contributed by atoms with van der Waals surface area (Å²) in [5.74, 6) is 0.996. The highest BCUT2D eigenvalue weighted by Gasteiger charge is 2.05. The summed E-state index contributed by atoms with van der Waals surface area (Å²) in [5, 5.41) is 13.6. The molecule has 0 aromatic heterocycles. The molecule has 0 aliphatic rings. The smallest absolute Gasteiger partial charge is 0.141 e. The molecule has 2 N–H and O–H groups in total. The van der Waals surface area contributed by atoms with Crippen molar-refractivity contribution in [2.24, 2.45) is 0 Å². The SMILES string of the molecule is COc1ccc(C)cc1NCc1cc(Cl)ccc1O. The molecule has 0 unspecified atom stereocenters. The number of phenols is 1. The summed E-state index contributed by atoms with van der Waals surface area (Å²) in [6, 6.07) is 10.9. The number of nitrogens with one attached hydrogen (secondary N) is 1. The maximum Gasteiger partial charge on any atom is 0.141 e. The van der Waals surface area contributed by atoms with Gasteiger partial charge in [-0.15, -0.1) is 0 Å². The van der Waals surface area contributed by atoms with Gasteiger partial charge >= 0.3 is 0 Å². The zero-order valence-corrected chi connectivity index (χ0v) is 11.7. The van der Waals surface area contributed by atoms with E-state index in [4.69, 9.17) is 16.3 Å². The molecular formula is C15H16ClNO2. The summed E-state index contributed by atoms with van der Waals surface area (Å²) in [4.78, 5) is 0. The van der Waals surface area contributed by atoms with E-state index in [2.05, 4.69) is 5.32 Å². The predicted octanol–water partition coefficient (Wildman–Crippen LogP) is 3.97. The number of methoxy groups -OCH3 is 1. The molecule has 100 valence electrons. The van der Waals surface area contributed by atoms with E-state index < -0.39 is 0 Å². The summed E-state index contributed by atoms with van der Waals surface area (Å²) in [6.07, 6.45) is 0. The largest absolute Gasteiger partial charge is 0.508 e. The number of hydrogen-bond donors (Lipinski definition) is 2. The van der Waals surface area contributed by atoms with Crippen molar-refractivity contribution in [3.63, 3.8) is 0 Å². The van der Waals surface area contributed by atoms with Crippen LogP contribution in [0.4, 0.5) is 5.69 Å².